The summed E-state index contributed by atoms with van der Waals surface area (Å²) in [6, 6.07) is 8.11. The normalized spacial score (nSPS) is 17.6. The van der Waals surface area contributed by atoms with Gasteiger partial charge in [0.05, 0.1) is 18.3 Å². The highest BCUT2D eigenvalue weighted by atomic mass is 28.4. The first kappa shape index (κ1) is 23.0. The van der Waals surface area contributed by atoms with Crippen LogP contribution in [0.3, 0.4) is 0 Å². The van der Waals surface area contributed by atoms with E-state index >= 15 is 0 Å². The molecule has 1 heterocycles. The van der Waals surface area contributed by atoms with Gasteiger partial charge in [-0.1, -0.05) is 59.7 Å². The van der Waals surface area contributed by atoms with E-state index in [0.717, 1.165) is 12.1 Å². The van der Waals surface area contributed by atoms with Crippen molar-refractivity contribution >= 4 is 20.1 Å². The first-order valence-corrected chi connectivity index (χ1v) is 12.8. The molecule has 158 valence electrons. The number of benzene rings is 1. The highest BCUT2D eigenvalue weighted by molar-refractivity contribution is 6.77. The van der Waals surface area contributed by atoms with E-state index in [4.69, 9.17) is 9.16 Å². The first-order valence-electron chi connectivity index (χ1n) is 10.6. The third-order valence-electron chi connectivity index (χ3n) is 5.89. The predicted molar refractivity (Wildman–Crippen MR) is 120 cm³/mol. The Morgan fingerprint density at radius 3 is 2.11 bits per heavy atom. The number of carbonyl (C=O) groups is 1. The lowest BCUT2D eigenvalue weighted by Crippen LogP contribution is -2.51. The van der Waals surface area contributed by atoms with E-state index in [1.54, 1.807) is 0 Å². The van der Waals surface area contributed by atoms with Crippen LogP contribution in [0.1, 0.15) is 67.9 Å². The van der Waals surface area contributed by atoms with Crippen LogP contribution in [0, 0.1) is 0 Å². The lowest BCUT2D eigenvalue weighted by atomic mass is 10.1. The van der Waals surface area contributed by atoms with Crippen LogP contribution in [0.15, 0.2) is 24.3 Å². The fourth-order valence-electron chi connectivity index (χ4n) is 4.89. The number of nitrogens with zero attached hydrogens (tertiary/aromatic N) is 1. The molecule has 0 N–H and O–H groups in total. The number of hydrogen-bond donors (Lipinski definition) is 0. The number of fused-ring (bicyclic) bond motifs is 1. The van der Waals surface area contributed by atoms with E-state index in [1.165, 1.54) is 5.56 Å². The highest BCUT2D eigenvalue weighted by Crippen LogP contribution is 2.43. The number of amides is 1. The molecule has 0 bridgehead atoms. The Morgan fingerprint density at radius 1 is 1.07 bits per heavy atom. The fraction of sp³-hybridized carbons (Fsp3) is 0.696. The summed E-state index contributed by atoms with van der Waals surface area (Å²) in [5, 5.41) is 0. The summed E-state index contributed by atoms with van der Waals surface area (Å²) < 4.78 is 12.6. The Balaban J connectivity index is 2.29. The zero-order chi connectivity index (χ0) is 21.3. The molecule has 1 aliphatic rings. The van der Waals surface area contributed by atoms with Crippen LogP contribution in [-0.2, 0) is 15.6 Å². The average Bonchev–Trinajstić information content (AvgIpc) is 2.91. The summed E-state index contributed by atoms with van der Waals surface area (Å²) in [5.74, 6) is 0. The second-order valence-corrected chi connectivity index (χ2v) is 15.4. The van der Waals surface area contributed by atoms with Crippen molar-refractivity contribution in [3.63, 3.8) is 0 Å². The van der Waals surface area contributed by atoms with Crippen molar-refractivity contribution in [3.8, 4) is 0 Å². The number of rotatable bonds is 6. The second kappa shape index (κ2) is 8.58. The smallest absolute Gasteiger partial charge is 0.415 e. The summed E-state index contributed by atoms with van der Waals surface area (Å²) in [4.78, 5) is 14.8. The maximum absolute atomic E-state index is 13.0. The molecule has 28 heavy (non-hydrogen) atoms. The molecule has 0 saturated heterocycles. The van der Waals surface area contributed by atoms with Gasteiger partial charge in [0.1, 0.15) is 5.60 Å². The zero-order valence-electron chi connectivity index (χ0n) is 19.2. The van der Waals surface area contributed by atoms with Gasteiger partial charge in [-0.25, -0.2) is 4.79 Å². The van der Waals surface area contributed by atoms with Crippen molar-refractivity contribution < 1.29 is 14.0 Å². The van der Waals surface area contributed by atoms with Crippen LogP contribution in [-0.4, -0.2) is 32.7 Å². The highest BCUT2D eigenvalue weighted by Gasteiger charge is 2.46. The van der Waals surface area contributed by atoms with Gasteiger partial charge >= 0.3 is 6.09 Å². The third kappa shape index (κ3) is 4.62. The summed E-state index contributed by atoms with van der Waals surface area (Å²) in [6.07, 6.45) is 0.533. The minimum absolute atomic E-state index is 0.0182. The Labute approximate surface area is 172 Å². The minimum atomic E-state index is -1.99. The van der Waals surface area contributed by atoms with Crippen molar-refractivity contribution in [2.45, 2.75) is 97.0 Å². The van der Waals surface area contributed by atoms with Crippen molar-refractivity contribution in [2.24, 2.45) is 0 Å². The number of carbonyl (C=O) groups excluding carboxylic acids is 1. The first-order chi connectivity index (χ1) is 12.9. The van der Waals surface area contributed by atoms with E-state index in [9.17, 15) is 4.79 Å². The maximum atomic E-state index is 13.0. The van der Waals surface area contributed by atoms with Gasteiger partial charge in [0.15, 0.2) is 8.32 Å². The molecule has 5 heteroatoms. The van der Waals surface area contributed by atoms with Crippen LogP contribution in [0.4, 0.5) is 10.5 Å². The molecular formula is C23H39NO3Si. The van der Waals surface area contributed by atoms with Gasteiger partial charge in [-0.05, 0) is 55.4 Å². The molecular weight excluding hydrogens is 366 g/mol. The van der Waals surface area contributed by atoms with Crippen LogP contribution in [0.25, 0.3) is 0 Å². The number of hydrogen-bond acceptors (Lipinski definition) is 3. The van der Waals surface area contributed by atoms with Gasteiger partial charge in [0, 0.05) is 0 Å². The van der Waals surface area contributed by atoms with Crippen LogP contribution >= 0.6 is 0 Å². The average molecular weight is 406 g/mol. The van der Waals surface area contributed by atoms with Crippen molar-refractivity contribution in [2.75, 3.05) is 11.5 Å². The van der Waals surface area contributed by atoms with Gasteiger partial charge in [-0.3, -0.25) is 4.90 Å². The van der Waals surface area contributed by atoms with Gasteiger partial charge in [-0.15, -0.1) is 0 Å². The molecule has 1 aliphatic heterocycles. The maximum Gasteiger partial charge on any atom is 0.415 e. The van der Waals surface area contributed by atoms with Crippen LogP contribution in [0.2, 0.25) is 16.6 Å². The quantitative estimate of drug-likeness (QED) is 0.504. The molecule has 1 aromatic rings. The fourth-order valence-corrected chi connectivity index (χ4v) is 10.4. The van der Waals surface area contributed by atoms with Gasteiger partial charge in [0.25, 0.3) is 0 Å². The molecule has 1 atom stereocenters. The molecule has 1 amide bonds. The topological polar surface area (TPSA) is 38.8 Å². The Bertz CT molecular complexity index is 657. The summed E-state index contributed by atoms with van der Waals surface area (Å²) in [7, 11) is -1.99. The van der Waals surface area contributed by atoms with E-state index < -0.39 is 13.9 Å². The summed E-state index contributed by atoms with van der Waals surface area (Å²) in [6.45, 7) is 20.0. The van der Waals surface area contributed by atoms with Gasteiger partial charge < -0.3 is 9.16 Å². The molecule has 0 saturated carbocycles. The third-order valence-corrected chi connectivity index (χ3v) is 12.0. The minimum Gasteiger partial charge on any atom is -0.443 e. The largest absolute Gasteiger partial charge is 0.443 e. The lowest BCUT2D eigenvalue weighted by Gasteiger charge is -2.43. The molecule has 2 rings (SSSR count). The lowest BCUT2D eigenvalue weighted by molar-refractivity contribution is 0.0558. The molecule has 0 aromatic heterocycles. The van der Waals surface area contributed by atoms with E-state index in [2.05, 4.69) is 47.6 Å². The zero-order valence-corrected chi connectivity index (χ0v) is 20.2. The molecule has 1 unspecified atom stereocenters. The van der Waals surface area contributed by atoms with Gasteiger partial charge in [0.2, 0.25) is 0 Å². The van der Waals surface area contributed by atoms with Crippen molar-refractivity contribution in [1.82, 2.24) is 0 Å². The molecule has 0 radical (unpaired) electrons. The van der Waals surface area contributed by atoms with Crippen LogP contribution in [0.5, 0.6) is 0 Å². The molecule has 4 nitrogen and oxygen atoms in total. The molecule has 0 fully saturated rings. The molecule has 0 spiro atoms. The Kier molecular flexibility index (Phi) is 7.03. The summed E-state index contributed by atoms with van der Waals surface area (Å²) >= 11 is 0. The van der Waals surface area contributed by atoms with Crippen molar-refractivity contribution in [1.29, 1.82) is 0 Å². The van der Waals surface area contributed by atoms with E-state index in [-0.39, 0.29) is 12.1 Å². The molecule has 1 aromatic carbocycles. The number of para-hydroxylation sites is 1. The standard InChI is InChI=1S/C23H39NO3Si/c1-16(2)28(17(3)4,18(5)6)26-15-20-14-19-12-10-11-13-21(19)24(20)22(25)27-23(7,8)9/h10-13,16-18,20H,14-15H2,1-9H3. The van der Waals surface area contributed by atoms with E-state index in [1.807, 2.05) is 43.9 Å². The Hall–Kier alpha value is -1.33. The predicted octanol–water partition coefficient (Wildman–Crippen LogP) is 6.54. The summed E-state index contributed by atoms with van der Waals surface area (Å²) in [5.41, 5.74) is 3.18. The number of anilines is 1. The SMILES string of the molecule is CC(C)[Si](OCC1Cc2ccccc2N1C(=O)OC(C)(C)C)(C(C)C)C(C)C. The van der Waals surface area contributed by atoms with Crippen molar-refractivity contribution in [3.05, 3.63) is 29.8 Å². The monoisotopic (exact) mass is 405 g/mol. The van der Waals surface area contributed by atoms with E-state index in [0.29, 0.717) is 23.2 Å². The number of ether oxygens (including phenoxy) is 1. The van der Waals surface area contributed by atoms with Crippen LogP contribution < -0.4 is 4.90 Å². The van der Waals surface area contributed by atoms with Gasteiger partial charge in [-0.2, -0.15) is 0 Å². The second-order valence-electron chi connectivity index (χ2n) is 9.97. The Morgan fingerprint density at radius 2 is 1.61 bits per heavy atom. The molecule has 0 aliphatic carbocycles.